The number of aromatic nitrogens is 1. The van der Waals surface area contributed by atoms with Gasteiger partial charge in [0, 0.05) is 37.1 Å². The molecule has 1 aliphatic carbocycles. The van der Waals surface area contributed by atoms with Crippen LogP contribution in [0.1, 0.15) is 51.8 Å². The van der Waals surface area contributed by atoms with Crippen molar-refractivity contribution in [1.82, 2.24) is 14.6 Å². The van der Waals surface area contributed by atoms with Gasteiger partial charge in [0.15, 0.2) is 0 Å². The number of rotatable bonds is 8. The normalized spacial score (nSPS) is 16.0. The molecule has 0 unspecified atom stereocenters. The van der Waals surface area contributed by atoms with E-state index in [4.69, 9.17) is 0 Å². The quantitative estimate of drug-likeness (QED) is 0.772. The van der Waals surface area contributed by atoms with Gasteiger partial charge in [-0.2, -0.15) is 0 Å². The second-order valence-electron chi connectivity index (χ2n) is 5.74. The lowest BCUT2D eigenvalue weighted by atomic mass is 10.3. The maximum atomic E-state index is 12.2. The van der Waals surface area contributed by atoms with E-state index in [1.807, 2.05) is 6.92 Å². The Morgan fingerprint density at radius 3 is 2.65 bits per heavy atom. The van der Waals surface area contributed by atoms with Crippen molar-refractivity contribution in [1.29, 1.82) is 0 Å². The molecule has 2 rings (SSSR count). The summed E-state index contributed by atoms with van der Waals surface area (Å²) in [4.78, 5) is 0.387. The minimum atomic E-state index is -3.37. The lowest BCUT2D eigenvalue weighted by Gasteiger charge is -2.10. The van der Waals surface area contributed by atoms with Crippen LogP contribution in [0.5, 0.6) is 0 Å². The van der Waals surface area contributed by atoms with E-state index in [0.29, 0.717) is 30.1 Å². The molecule has 0 saturated heterocycles. The van der Waals surface area contributed by atoms with Crippen LogP contribution in [0, 0.1) is 0 Å². The first-order chi connectivity index (χ1) is 9.44. The van der Waals surface area contributed by atoms with E-state index in [1.54, 1.807) is 12.3 Å². The molecule has 6 heteroatoms. The third-order valence-corrected chi connectivity index (χ3v) is 4.82. The average molecular weight is 299 g/mol. The predicted molar refractivity (Wildman–Crippen MR) is 80.2 cm³/mol. The third kappa shape index (κ3) is 3.84. The second kappa shape index (κ2) is 6.28. The Hall–Kier alpha value is -0.850. The zero-order valence-corrected chi connectivity index (χ0v) is 13.3. The average Bonchev–Trinajstić information content (AvgIpc) is 3.13. The molecule has 114 valence electrons. The van der Waals surface area contributed by atoms with Gasteiger partial charge in [-0.1, -0.05) is 20.8 Å². The van der Waals surface area contributed by atoms with Crippen molar-refractivity contribution in [2.75, 3.05) is 6.54 Å². The summed E-state index contributed by atoms with van der Waals surface area (Å²) in [6.45, 7) is 7.32. The summed E-state index contributed by atoms with van der Waals surface area (Å²) in [6, 6.07) is 2.66. The van der Waals surface area contributed by atoms with E-state index in [2.05, 4.69) is 28.5 Å². The van der Waals surface area contributed by atoms with Crippen molar-refractivity contribution in [3.8, 4) is 0 Å². The van der Waals surface area contributed by atoms with Gasteiger partial charge in [-0.15, -0.1) is 0 Å². The van der Waals surface area contributed by atoms with E-state index in [9.17, 15) is 8.42 Å². The monoisotopic (exact) mass is 299 g/mol. The molecule has 1 aliphatic rings. The third-order valence-electron chi connectivity index (χ3n) is 3.39. The van der Waals surface area contributed by atoms with E-state index < -0.39 is 10.0 Å². The van der Waals surface area contributed by atoms with Gasteiger partial charge in [-0.3, -0.25) is 0 Å². The molecular formula is C14H25N3O2S. The van der Waals surface area contributed by atoms with Crippen LogP contribution in [0.4, 0.5) is 0 Å². The molecule has 1 aromatic heterocycles. The summed E-state index contributed by atoms with van der Waals surface area (Å²) in [7, 11) is -3.37. The molecule has 0 amide bonds. The Labute approximate surface area is 121 Å². The summed E-state index contributed by atoms with van der Waals surface area (Å²) < 4.78 is 29.1. The Balaban J connectivity index is 2.20. The highest BCUT2D eigenvalue weighted by Crippen LogP contribution is 2.37. The van der Waals surface area contributed by atoms with E-state index >= 15 is 0 Å². The Morgan fingerprint density at radius 2 is 2.10 bits per heavy atom. The van der Waals surface area contributed by atoms with Crippen molar-refractivity contribution in [3.63, 3.8) is 0 Å². The number of nitrogens with one attached hydrogen (secondary N) is 2. The number of nitrogens with zero attached hydrogens (tertiary/aromatic N) is 1. The molecule has 0 atom stereocenters. The SMILES string of the molecule is CCCNS(=O)(=O)c1cc(CNC(C)C)n(C2CC2)c1. The molecule has 1 heterocycles. The van der Waals surface area contributed by atoms with Crippen LogP contribution in [0.2, 0.25) is 0 Å². The molecule has 1 fully saturated rings. The molecule has 0 aromatic carbocycles. The van der Waals surface area contributed by atoms with Gasteiger partial charge in [-0.05, 0) is 25.3 Å². The van der Waals surface area contributed by atoms with Gasteiger partial charge in [0.2, 0.25) is 10.0 Å². The first-order valence-electron chi connectivity index (χ1n) is 7.38. The summed E-state index contributed by atoms with van der Waals surface area (Å²) in [5.41, 5.74) is 1.05. The van der Waals surface area contributed by atoms with Crippen molar-refractivity contribution in [2.45, 2.75) is 63.6 Å². The van der Waals surface area contributed by atoms with Crippen LogP contribution in [0.15, 0.2) is 17.2 Å². The number of sulfonamides is 1. The Kier molecular flexibility index (Phi) is 4.88. The van der Waals surface area contributed by atoms with Crippen LogP contribution >= 0.6 is 0 Å². The molecule has 0 aliphatic heterocycles. The Bertz CT molecular complexity index is 545. The first kappa shape index (κ1) is 15.5. The van der Waals surface area contributed by atoms with Gasteiger partial charge in [-0.25, -0.2) is 13.1 Å². The fraction of sp³-hybridized carbons (Fsp3) is 0.714. The summed E-state index contributed by atoms with van der Waals surface area (Å²) in [5.74, 6) is 0. The molecule has 1 aromatic rings. The van der Waals surface area contributed by atoms with Gasteiger partial charge in [0.05, 0.1) is 4.90 Å². The molecule has 0 spiro atoms. The minimum absolute atomic E-state index is 0.385. The summed E-state index contributed by atoms with van der Waals surface area (Å²) in [5, 5.41) is 3.36. The molecule has 0 radical (unpaired) electrons. The van der Waals surface area contributed by atoms with Crippen molar-refractivity contribution in [2.24, 2.45) is 0 Å². The topological polar surface area (TPSA) is 63.1 Å². The van der Waals surface area contributed by atoms with E-state index in [-0.39, 0.29) is 0 Å². The molecule has 20 heavy (non-hydrogen) atoms. The maximum Gasteiger partial charge on any atom is 0.242 e. The summed E-state index contributed by atoms with van der Waals surface area (Å²) >= 11 is 0. The van der Waals surface area contributed by atoms with Crippen LogP contribution in [0.3, 0.4) is 0 Å². The molecule has 2 N–H and O–H groups in total. The van der Waals surface area contributed by atoms with Crippen molar-refractivity contribution >= 4 is 10.0 Å². The summed E-state index contributed by atoms with van der Waals surface area (Å²) in [6.07, 6.45) is 4.87. The highest BCUT2D eigenvalue weighted by molar-refractivity contribution is 7.89. The van der Waals surface area contributed by atoms with Gasteiger partial charge >= 0.3 is 0 Å². The largest absolute Gasteiger partial charge is 0.346 e. The highest BCUT2D eigenvalue weighted by Gasteiger charge is 2.28. The fourth-order valence-electron chi connectivity index (χ4n) is 2.11. The van der Waals surface area contributed by atoms with Gasteiger partial charge in [0.1, 0.15) is 0 Å². The van der Waals surface area contributed by atoms with E-state index in [0.717, 1.165) is 25.0 Å². The lowest BCUT2D eigenvalue weighted by Crippen LogP contribution is -2.24. The van der Waals surface area contributed by atoms with Crippen LogP contribution < -0.4 is 10.0 Å². The highest BCUT2D eigenvalue weighted by atomic mass is 32.2. The van der Waals surface area contributed by atoms with Gasteiger partial charge in [0.25, 0.3) is 0 Å². The fourth-order valence-corrected chi connectivity index (χ4v) is 3.29. The molecule has 0 bridgehead atoms. The van der Waals surface area contributed by atoms with Crippen LogP contribution in [0.25, 0.3) is 0 Å². The standard InChI is InChI=1S/C14H25N3O2S/c1-4-7-16-20(18,19)14-8-13(9-15-11(2)3)17(10-14)12-5-6-12/h8,10-12,15-16H,4-7,9H2,1-3H3. The zero-order chi connectivity index (χ0) is 14.8. The second-order valence-corrected chi connectivity index (χ2v) is 7.51. The zero-order valence-electron chi connectivity index (χ0n) is 12.5. The number of hydrogen-bond donors (Lipinski definition) is 2. The predicted octanol–water partition coefficient (Wildman–Crippen LogP) is 2.01. The molecule has 1 saturated carbocycles. The van der Waals surface area contributed by atoms with Crippen LogP contribution in [-0.2, 0) is 16.6 Å². The Morgan fingerprint density at radius 1 is 1.40 bits per heavy atom. The van der Waals surface area contributed by atoms with Crippen molar-refractivity contribution < 1.29 is 8.42 Å². The smallest absolute Gasteiger partial charge is 0.242 e. The first-order valence-corrected chi connectivity index (χ1v) is 8.86. The lowest BCUT2D eigenvalue weighted by molar-refractivity contribution is 0.558. The minimum Gasteiger partial charge on any atom is -0.346 e. The van der Waals surface area contributed by atoms with Crippen molar-refractivity contribution in [3.05, 3.63) is 18.0 Å². The van der Waals surface area contributed by atoms with Crippen LogP contribution in [-0.4, -0.2) is 25.6 Å². The molecule has 5 nitrogen and oxygen atoms in total. The number of hydrogen-bond acceptors (Lipinski definition) is 3. The van der Waals surface area contributed by atoms with Gasteiger partial charge < -0.3 is 9.88 Å². The molecular weight excluding hydrogens is 274 g/mol. The van der Waals surface area contributed by atoms with E-state index in [1.165, 1.54) is 0 Å². The maximum absolute atomic E-state index is 12.2.